The van der Waals surface area contributed by atoms with Crippen LogP contribution in [0.25, 0.3) is 0 Å². The van der Waals surface area contributed by atoms with E-state index in [1.165, 1.54) is 18.4 Å². The standard InChI is InChI=1S/C13H21NO/c1-3-5-12(14-2)9-8-11-6-4-7-13(15)10-11/h4,6-7,10,12,14-15H,3,5,8-9H2,1-2H3. The number of aromatic hydroxyl groups is 1. The lowest BCUT2D eigenvalue weighted by Crippen LogP contribution is -2.25. The molecule has 0 heterocycles. The van der Waals surface area contributed by atoms with Crippen LogP contribution in [-0.4, -0.2) is 18.2 Å². The van der Waals surface area contributed by atoms with Gasteiger partial charge in [0, 0.05) is 6.04 Å². The zero-order valence-electron chi connectivity index (χ0n) is 9.66. The summed E-state index contributed by atoms with van der Waals surface area (Å²) in [7, 11) is 2.02. The first-order valence-corrected chi connectivity index (χ1v) is 5.71. The number of hydrogen-bond acceptors (Lipinski definition) is 2. The molecule has 0 aliphatic heterocycles. The Morgan fingerprint density at radius 3 is 2.73 bits per heavy atom. The molecule has 0 amide bonds. The third-order valence-electron chi connectivity index (χ3n) is 2.74. The fourth-order valence-electron chi connectivity index (χ4n) is 1.83. The van der Waals surface area contributed by atoms with E-state index in [0.29, 0.717) is 11.8 Å². The third-order valence-corrected chi connectivity index (χ3v) is 2.74. The Labute approximate surface area is 92.3 Å². The number of hydrogen-bond donors (Lipinski definition) is 2. The van der Waals surface area contributed by atoms with Crippen molar-refractivity contribution >= 4 is 0 Å². The molecule has 0 saturated heterocycles. The van der Waals surface area contributed by atoms with Crippen LogP contribution >= 0.6 is 0 Å². The molecule has 2 N–H and O–H groups in total. The number of nitrogens with one attached hydrogen (secondary N) is 1. The van der Waals surface area contributed by atoms with Gasteiger partial charge in [-0.2, -0.15) is 0 Å². The smallest absolute Gasteiger partial charge is 0.115 e. The fourth-order valence-corrected chi connectivity index (χ4v) is 1.83. The maximum absolute atomic E-state index is 9.32. The van der Waals surface area contributed by atoms with E-state index in [9.17, 15) is 5.11 Å². The number of phenolic OH excluding ortho intramolecular Hbond substituents is 1. The molecule has 0 saturated carbocycles. The molecule has 0 bridgehead atoms. The summed E-state index contributed by atoms with van der Waals surface area (Å²) in [4.78, 5) is 0. The SMILES string of the molecule is CCCC(CCc1cccc(O)c1)NC. The lowest BCUT2D eigenvalue weighted by atomic mass is 10.0. The quantitative estimate of drug-likeness (QED) is 0.751. The summed E-state index contributed by atoms with van der Waals surface area (Å²) >= 11 is 0. The molecule has 1 atom stereocenters. The van der Waals surface area contributed by atoms with Gasteiger partial charge in [-0.1, -0.05) is 25.5 Å². The second-order valence-electron chi connectivity index (χ2n) is 3.98. The summed E-state index contributed by atoms with van der Waals surface area (Å²) in [5, 5.41) is 12.6. The number of rotatable bonds is 6. The van der Waals surface area contributed by atoms with Gasteiger partial charge in [0.15, 0.2) is 0 Å². The van der Waals surface area contributed by atoms with Gasteiger partial charge in [-0.25, -0.2) is 0 Å². The normalized spacial score (nSPS) is 12.7. The zero-order chi connectivity index (χ0) is 11.1. The summed E-state index contributed by atoms with van der Waals surface area (Å²) < 4.78 is 0. The van der Waals surface area contributed by atoms with Crippen molar-refractivity contribution in [1.82, 2.24) is 5.32 Å². The Balaban J connectivity index is 2.41. The number of aryl methyl sites for hydroxylation is 1. The Morgan fingerprint density at radius 1 is 1.33 bits per heavy atom. The van der Waals surface area contributed by atoms with Gasteiger partial charge in [0.2, 0.25) is 0 Å². The van der Waals surface area contributed by atoms with E-state index in [0.717, 1.165) is 12.8 Å². The number of phenols is 1. The van der Waals surface area contributed by atoms with Crippen molar-refractivity contribution in [1.29, 1.82) is 0 Å². The van der Waals surface area contributed by atoms with E-state index >= 15 is 0 Å². The van der Waals surface area contributed by atoms with E-state index in [4.69, 9.17) is 0 Å². The Morgan fingerprint density at radius 2 is 2.13 bits per heavy atom. The van der Waals surface area contributed by atoms with Gasteiger partial charge in [-0.05, 0) is 44.0 Å². The first kappa shape index (κ1) is 12.1. The largest absolute Gasteiger partial charge is 0.508 e. The molecule has 0 spiro atoms. The second-order valence-corrected chi connectivity index (χ2v) is 3.98. The van der Waals surface area contributed by atoms with Gasteiger partial charge >= 0.3 is 0 Å². The molecule has 2 nitrogen and oxygen atoms in total. The minimum Gasteiger partial charge on any atom is -0.508 e. The van der Waals surface area contributed by atoms with Crippen LogP contribution in [0.15, 0.2) is 24.3 Å². The van der Waals surface area contributed by atoms with E-state index in [2.05, 4.69) is 18.3 Å². The van der Waals surface area contributed by atoms with Crippen molar-refractivity contribution in [2.24, 2.45) is 0 Å². The maximum atomic E-state index is 9.32. The van der Waals surface area contributed by atoms with Crippen molar-refractivity contribution < 1.29 is 5.11 Å². The molecule has 0 fully saturated rings. The van der Waals surface area contributed by atoms with Crippen LogP contribution in [-0.2, 0) is 6.42 Å². The molecule has 0 aromatic heterocycles. The van der Waals surface area contributed by atoms with Crippen molar-refractivity contribution in [3.63, 3.8) is 0 Å². The predicted molar refractivity (Wildman–Crippen MR) is 64.2 cm³/mol. The molecule has 1 rings (SSSR count). The van der Waals surface area contributed by atoms with Crippen molar-refractivity contribution in [2.75, 3.05) is 7.05 Å². The highest BCUT2D eigenvalue weighted by Gasteiger charge is 2.04. The molecule has 0 radical (unpaired) electrons. The topological polar surface area (TPSA) is 32.3 Å². The average molecular weight is 207 g/mol. The van der Waals surface area contributed by atoms with E-state index in [-0.39, 0.29) is 0 Å². The lowest BCUT2D eigenvalue weighted by molar-refractivity contribution is 0.470. The summed E-state index contributed by atoms with van der Waals surface area (Å²) in [5.41, 5.74) is 1.21. The number of benzene rings is 1. The summed E-state index contributed by atoms with van der Waals surface area (Å²) in [6.07, 6.45) is 4.59. The van der Waals surface area contributed by atoms with E-state index in [1.54, 1.807) is 6.07 Å². The van der Waals surface area contributed by atoms with Crippen LogP contribution in [0, 0.1) is 0 Å². The first-order valence-electron chi connectivity index (χ1n) is 5.71. The molecule has 0 aliphatic carbocycles. The molecule has 1 aromatic rings. The molecule has 1 unspecified atom stereocenters. The summed E-state index contributed by atoms with van der Waals surface area (Å²) in [6.45, 7) is 2.21. The molecule has 0 aliphatic rings. The molecule has 1 aromatic carbocycles. The van der Waals surface area contributed by atoms with Crippen LogP contribution in [0.2, 0.25) is 0 Å². The monoisotopic (exact) mass is 207 g/mol. The molecular formula is C13H21NO. The Hall–Kier alpha value is -1.02. The van der Waals surface area contributed by atoms with Crippen LogP contribution in [0.4, 0.5) is 0 Å². The van der Waals surface area contributed by atoms with Gasteiger partial charge in [-0.15, -0.1) is 0 Å². The maximum Gasteiger partial charge on any atom is 0.115 e. The van der Waals surface area contributed by atoms with Crippen LogP contribution in [0.3, 0.4) is 0 Å². The van der Waals surface area contributed by atoms with E-state index in [1.807, 2.05) is 19.2 Å². The van der Waals surface area contributed by atoms with E-state index < -0.39 is 0 Å². The third kappa shape index (κ3) is 4.34. The first-order chi connectivity index (χ1) is 7.26. The van der Waals surface area contributed by atoms with Gasteiger partial charge in [0.05, 0.1) is 0 Å². The van der Waals surface area contributed by atoms with Gasteiger partial charge < -0.3 is 10.4 Å². The minimum atomic E-state index is 0.365. The van der Waals surface area contributed by atoms with Gasteiger partial charge in [0.1, 0.15) is 5.75 Å². The molecule has 84 valence electrons. The van der Waals surface area contributed by atoms with Crippen LogP contribution in [0.1, 0.15) is 31.7 Å². The highest BCUT2D eigenvalue weighted by molar-refractivity contribution is 5.27. The lowest BCUT2D eigenvalue weighted by Gasteiger charge is -2.14. The van der Waals surface area contributed by atoms with Gasteiger partial charge in [0.25, 0.3) is 0 Å². The minimum absolute atomic E-state index is 0.365. The Bertz CT molecular complexity index is 286. The van der Waals surface area contributed by atoms with Crippen LogP contribution in [0.5, 0.6) is 5.75 Å². The van der Waals surface area contributed by atoms with Crippen LogP contribution < -0.4 is 5.32 Å². The average Bonchev–Trinajstić information content (AvgIpc) is 2.24. The molecule has 2 heteroatoms. The second kappa shape index (κ2) is 6.46. The zero-order valence-corrected chi connectivity index (χ0v) is 9.66. The van der Waals surface area contributed by atoms with Gasteiger partial charge in [-0.3, -0.25) is 0 Å². The van der Waals surface area contributed by atoms with Crippen molar-refractivity contribution in [2.45, 2.75) is 38.6 Å². The molecular weight excluding hydrogens is 186 g/mol. The molecule has 15 heavy (non-hydrogen) atoms. The van der Waals surface area contributed by atoms with Crippen molar-refractivity contribution in [3.8, 4) is 5.75 Å². The highest BCUT2D eigenvalue weighted by Crippen LogP contribution is 2.14. The summed E-state index contributed by atoms with van der Waals surface area (Å²) in [5.74, 6) is 0.365. The van der Waals surface area contributed by atoms with Crippen molar-refractivity contribution in [3.05, 3.63) is 29.8 Å². The Kier molecular flexibility index (Phi) is 5.19. The fraction of sp³-hybridized carbons (Fsp3) is 0.538. The summed E-state index contributed by atoms with van der Waals surface area (Å²) in [6, 6.07) is 8.12. The predicted octanol–water partition coefficient (Wildman–Crippen LogP) is 2.71. The highest BCUT2D eigenvalue weighted by atomic mass is 16.3.